The lowest BCUT2D eigenvalue weighted by molar-refractivity contribution is -0.120. The number of sulfone groups is 1. The van der Waals surface area contributed by atoms with Gasteiger partial charge in [-0.25, -0.2) is 12.8 Å². The van der Waals surface area contributed by atoms with E-state index in [4.69, 9.17) is 0 Å². The molecule has 1 aromatic carbocycles. The molecule has 0 heterocycles. The zero-order valence-corrected chi connectivity index (χ0v) is 11.2. The van der Waals surface area contributed by atoms with Gasteiger partial charge in [-0.2, -0.15) is 0 Å². The topological polar surface area (TPSA) is 63.2 Å². The lowest BCUT2D eigenvalue weighted by Crippen LogP contribution is -2.27. The molecule has 2 rings (SSSR count). The van der Waals surface area contributed by atoms with E-state index in [1.165, 1.54) is 18.2 Å². The fourth-order valence-corrected chi connectivity index (χ4v) is 3.05. The first kappa shape index (κ1) is 14.0. The highest BCUT2D eigenvalue weighted by molar-refractivity contribution is 7.90. The molecule has 0 atom stereocenters. The molecule has 1 aromatic rings. The predicted molar refractivity (Wildman–Crippen MR) is 69.7 cm³/mol. The van der Waals surface area contributed by atoms with Gasteiger partial charge in [0.25, 0.3) is 0 Å². The SMILES string of the molecule is O=C(CCS(=O)(=O)Cc1ccccc1F)NC1CC1. The summed E-state index contributed by atoms with van der Waals surface area (Å²) in [4.78, 5) is 11.4. The van der Waals surface area contributed by atoms with Gasteiger partial charge in [0.1, 0.15) is 5.82 Å². The van der Waals surface area contributed by atoms with Crippen molar-refractivity contribution in [1.29, 1.82) is 0 Å². The van der Waals surface area contributed by atoms with E-state index in [1.807, 2.05) is 0 Å². The lowest BCUT2D eigenvalue weighted by Gasteiger charge is -2.06. The van der Waals surface area contributed by atoms with Crippen LogP contribution in [0.25, 0.3) is 0 Å². The summed E-state index contributed by atoms with van der Waals surface area (Å²) in [5.41, 5.74) is 0.144. The number of hydrogen-bond donors (Lipinski definition) is 1. The number of benzene rings is 1. The molecule has 1 fully saturated rings. The van der Waals surface area contributed by atoms with Gasteiger partial charge in [0.15, 0.2) is 9.84 Å². The van der Waals surface area contributed by atoms with Crippen molar-refractivity contribution in [3.8, 4) is 0 Å². The molecule has 4 nitrogen and oxygen atoms in total. The second kappa shape index (κ2) is 5.69. The second-order valence-electron chi connectivity index (χ2n) is 4.78. The van der Waals surface area contributed by atoms with Crippen LogP contribution in [0.4, 0.5) is 4.39 Å². The first-order valence-electron chi connectivity index (χ1n) is 6.19. The molecule has 1 aliphatic rings. The Kier molecular flexibility index (Phi) is 4.19. The Morgan fingerprint density at radius 1 is 1.32 bits per heavy atom. The summed E-state index contributed by atoms with van der Waals surface area (Å²) in [5, 5.41) is 2.72. The molecule has 6 heteroatoms. The minimum absolute atomic E-state index is 0.0622. The number of amides is 1. The summed E-state index contributed by atoms with van der Waals surface area (Å²) in [5.74, 6) is -1.40. The normalized spacial score (nSPS) is 15.2. The van der Waals surface area contributed by atoms with Crippen LogP contribution in [-0.2, 0) is 20.4 Å². The van der Waals surface area contributed by atoms with E-state index < -0.39 is 15.7 Å². The maximum atomic E-state index is 13.4. The quantitative estimate of drug-likeness (QED) is 0.859. The van der Waals surface area contributed by atoms with Gasteiger partial charge >= 0.3 is 0 Å². The molecule has 0 spiro atoms. The van der Waals surface area contributed by atoms with Gasteiger partial charge in [-0.3, -0.25) is 4.79 Å². The standard InChI is InChI=1S/C13H16FNO3S/c14-12-4-2-1-3-10(12)9-19(17,18)8-7-13(16)15-11-5-6-11/h1-4,11H,5-9H2,(H,15,16). The third-order valence-corrected chi connectivity index (χ3v) is 4.49. The van der Waals surface area contributed by atoms with Gasteiger partial charge in [-0.1, -0.05) is 18.2 Å². The average molecular weight is 285 g/mol. The maximum absolute atomic E-state index is 13.4. The van der Waals surface area contributed by atoms with Crippen LogP contribution < -0.4 is 5.32 Å². The van der Waals surface area contributed by atoms with Gasteiger partial charge in [0, 0.05) is 18.0 Å². The van der Waals surface area contributed by atoms with Gasteiger partial charge in [0.2, 0.25) is 5.91 Å². The van der Waals surface area contributed by atoms with Crippen molar-refractivity contribution in [3.63, 3.8) is 0 Å². The minimum atomic E-state index is -3.47. The van der Waals surface area contributed by atoms with Crippen LogP contribution in [0.2, 0.25) is 0 Å². The van der Waals surface area contributed by atoms with Crippen molar-refractivity contribution in [2.75, 3.05) is 5.75 Å². The molecule has 0 aromatic heterocycles. The first-order valence-corrected chi connectivity index (χ1v) is 8.01. The van der Waals surface area contributed by atoms with Gasteiger partial charge in [-0.15, -0.1) is 0 Å². The number of rotatable bonds is 6. The molecule has 0 bridgehead atoms. The van der Waals surface area contributed by atoms with Crippen molar-refractivity contribution < 1.29 is 17.6 Å². The van der Waals surface area contributed by atoms with Gasteiger partial charge in [0.05, 0.1) is 11.5 Å². The summed E-state index contributed by atoms with van der Waals surface area (Å²) in [6, 6.07) is 5.99. The van der Waals surface area contributed by atoms with Gasteiger partial charge in [-0.05, 0) is 18.9 Å². The van der Waals surface area contributed by atoms with Crippen molar-refractivity contribution in [1.82, 2.24) is 5.32 Å². The third-order valence-electron chi connectivity index (χ3n) is 2.92. The summed E-state index contributed by atoms with van der Waals surface area (Å²) in [6.07, 6.45) is 1.87. The Hall–Kier alpha value is -1.43. The zero-order valence-electron chi connectivity index (χ0n) is 10.4. The van der Waals surface area contributed by atoms with Gasteiger partial charge < -0.3 is 5.32 Å². The summed E-state index contributed by atoms with van der Waals surface area (Å²) in [7, 11) is -3.47. The number of hydrogen-bond acceptors (Lipinski definition) is 3. The first-order chi connectivity index (χ1) is 8.96. The van der Waals surface area contributed by atoms with Crippen LogP contribution in [0, 0.1) is 5.82 Å². The van der Waals surface area contributed by atoms with Crippen LogP contribution in [0.3, 0.4) is 0 Å². The van der Waals surface area contributed by atoms with Crippen molar-refractivity contribution in [2.45, 2.75) is 31.1 Å². The van der Waals surface area contributed by atoms with Crippen LogP contribution in [-0.4, -0.2) is 26.1 Å². The Labute approximate surface area is 111 Å². The predicted octanol–water partition coefficient (Wildman–Crippen LogP) is 1.41. The molecule has 104 valence electrons. The lowest BCUT2D eigenvalue weighted by atomic mass is 10.2. The summed E-state index contributed by atoms with van der Waals surface area (Å²) < 4.78 is 37.0. The highest BCUT2D eigenvalue weighted by Gasteiger charge is 2.24. The number of nitrogens with one attached hydrogen (secondary N) is 1. The van der Waals surface area contributed by atoms with E-state index in [1.54, 1.807) is 6.07 Å². The molecule has 1 saturated carbocycles. The highest BCUT2D eigenvalue weighted by Crippen LogP contribution is 2.18. The van der Waals surface area contributed by atoms with Crippen LogP contribution in [0.15, 0.2) is 24.3 Å². The molecular weight excluding hydrogens is 269 g/mol. The Balaban J connectivity index is 1.87. The number of carbonyl (C=O) groups excluding carboxylic acids is 1. The second-order valence-corrected chi connectivity index (χ2v) is 6.96. The number of halogens is 1. The van der Waals surface area contributed by atoms with Crippen LogP contribution in [0.1, 0.15) is 24.8 Å². The minimum Gasteiger partial charge on any atom is -0.353 e. The average Bonchev–Trinajstić information content (AvgIpc) is 3.14. The smallest absolute Gasteiger partial charge is 0.221 e. The summed E-state index contributed by atoms with van der Waals surface area (Å²) >= 11 is 0. The molecule has 0 aliphatic heterocycles. The highest BCUT2D eigenvalue weighted by atomic mass is 32.2. The van der Waals surface area contributed by atoms with Crippen molar-refractivity contribution >= 4 is 15.7 Å². The molecule has 0 unspecified atom stereocenters. The molecule has 0 saturated heterocycles. The number of carbonyl (C=O) groups is 1. The van der Waals surface area contributed by atoms with E-state index in [0.717, 1.165) is 12.8 Å². The molecule has 0 radical (unpaired) electrons. The Bertz CT molecular complexity index is 567. The Morgan fingerprint density at radius 2 is 2.00 bits per heavy atom. The van der Waals surface area contributed by atoms with Crippen LogP contribution in [0.5, 0.6) is 0 Å². The van der Waals surface area contributed by atoms with Crippen molar-refractivity contribution in [3.05, 3.63) is 35.6 Å². The van der Waals surface area contributed by atoms with Crippen molar-refractivity contribution in [2.24, 2.45) is 0 Å². The van der Waals surface area contributed by atoms with E-state index >= 15 is 0 Å². The largest absolute Gasteiger partial charge is 0.353 e. The fourth-order valence-electron chi connectivity index (χ4n) is 1.70. The van der Waals surface area contributed by atoms with E-state index in [-0.39, 0.29) is 35.4 Å². The monoisotopic (exact) mass is 285 g/mol. The molecule has 1 aliphatic carbocycles. The van der Waals surface area contributed by atoms with E-state index in [0.29, 0.717) is 0 Å². The Morgan fingerprint density at radius 3 is 2.63 bits per heavy atom. The third kappa shape index (κ3) is 4.63. The summed E-state index contributed by atoms with van der Waals surface area (Å²) in [6.45, 7) is 0. The molecule has 1 N–H and O–H groups in total. The zero-order chi connectivity index (χ0) is 13.9. The maximum Gasteiger partial charge on any atom is 0.221 e. The van der Waals surface area contributed by atoms with E-state index in [9.17, 15) is 17.6 Å². The van der Waals surface area contributed by atoms with Crippen LogP contribution >= 0.6 is 0 Å². The molecule has 1 amide bonds. The molecule has 19 heavy (non-hydrogen) atoms. The molecular formula is C13H16FNO3S. The fraction of sp³-hybridized carbons (Fsp3) is 0.462. The van der Waals surface area contributed by atoms with E-state index in [2.05, 4.69) is 5.32 Å².